The maximum atomic E-state index is 5.44. The summed E-state index contributed by atoms with van der Waals surface area (Å²) in [5, 5.41) is 3.71. The summed E-state index contributed by atoms with van der Waals surface area (Å²) in [6.07, 6.45) is 10.3. The van der Waals surface area contributed by atoms with Crippen LogP contribution >= 0.6 is 0 Å². The van der Waals surface area contributed by atoms with Gasteiger partial charge in [0.15, 0.2) is 0 Å². The van der Waals surface area contributed by atoms with E-state index < -0.39 is 0 Å². The molecular formula is C15H25N3O. The first-order valence-corrected chi connectivity index (χ1v) is 7.67. The third-order valence-corrected chi connectivity index (χ3v) is 4.51. The Morgan fingerprint density at radius 3 is 2.95 bits per heavy atom. The number of hydrogen-bond acceptors (Lipinski definition) is 3. The van der Waals surface area contributed by atoms with E-state index >= 15 is 0 Å². The van der Waals surface area contributed by atoms with Crippen molar-refractivity contribution in [1.29, 1.82) is 0 Å². The molecule has 0 saturated carbocycles. The topological polar surface area (TPSA) is 39.1 Å². The van der Waals surface area contributed by atoms with Gasteiger partial charge in [-0.05, 0) is 44.9 Å². The summed E-state index contributed by atoms with van der Waals surface area (Å²) >= 11 is 0. The number of nitrogens with one attached hydrogen (secondary N) is 1. The SMILES string of the molecule is CC1CCCC(c2cncn2CC2CCOCC2)N1. The van der Waals surface area contributed by atoms with Crippen LogP contribution in [0.1, 0.15) is 50.8 Å². The van der Waals surface area contributed by atoms with Crippen molar-refractivity contribution in [3.63, 3.8) is 0 Å². The van der Waals surface area contributed by atoms with E-state index in [0.29, 0.717) is 12.1 Å². The summed E-state index contributed by atoms with van der Waals surface area (Å²) in [4.78, 5) is 4.38. The number of rotatable bonds is 3. The van der Waals surface area contributed by atoms with Crippen LogP contribution in [-0.4, -0.2) is 28.8 Å². The molecule has 2 saturated heterocycles. The molecule has 3 rings (SSSR count). The van der Waals surface area contributed by atoms with Gasteiger partial charge in [0.2, 0.25) is 0 Å². The predicted molar refractivity (Wildman–Crippen MR) is 75.0 cm³/mol. The fourth-order valence-electron chi connectivity index (χ4n) is 3.35. The van der Waals surface area contributed by atoms with Gasteiger partial charge in [0.05, 0.1) is 12.0 Å². The van der Waals surface area contributed by atoms with E-state index in [0.717, 1.165) is 25.7 Å². The van der Waals surface area contributed by atoms with Gasteiger partial charge in [0.25, 0.3) is 0 Å². The Kier molecular flexibility index (Phi) is 4.18. The molecule has 4 heteroatoms. The molecule has 0 amide bonds. The van der Waals surface area contributed by atoms with Crippen molar-refractivity contribution in [3.05, 3.63) is 18.2 Å². The lowest BCUT2D eigenvalue weighted by Gasteiger charge is -2.30. The van der Waals surface area contributed by atoms with E-state index in [1.165, 1.54) is 37.8 Å². The molecule has 1 aromatic heterocycles. The van der Waals surface area contributed by atoms with Gasteiger partial charge < -0.3 is 14.6 Å². The minimum atomic E-state index is 0.492. The lowest BCUT2D eigenvalue weighted by atomic mass is 9.96. The summed E-state index contributed by atoms with van der Waals surface area (Å²) in [6, 6.07) is 1.12. The van der Waals surface area contributed by atoms with E-state index in [4.69, 9.17) is 4.74 Å². The Balaban J connectivity index is 1.67. The molecule has 0 bridgehead atoms. The van der Waals surface area contributed by atoms with Gasteiger partial charge in [-0.15, -0.1) is 0 Å². The molecule has 0 spiro atoms. The first kappa shape index (κ1) is 13.1. The molecule has 106 valence electrons. The highest BCUT2D eigenvalue weighted by Gasteiger charge is 2.23. The average molecular weight is 263 g/mol. The zero-order valence-electron chi connectivity index (χ0n) is 11.8. The second-order valence-corrected chi connectivity index (χ2v) is 6.08. The summed E-state index contributed by atoms with van der Waals surface area (Å²) in [7, 11) is 0. The number of aromatic nitrogens is 2. The van der Waals surface area contributed by atoms with E-state index in [9.17, 15) is 0 Å². The normalized spacial score (nSPS) is 29.5. The van der Waals surface area contributed by atoms with Crippen molar-refractivity contribution in [1.82, 2.24) is 14.9 Å². The van der Waals surface area contributed by atoms with Gasteiger partial charge in [-0.1, -0.05) is 0 Å². The molecule has 2 unspecified atom stereocenters. The fourth-order valence-corrected chi connectivity index (χ4v) is 3.35. The maximum Gasteiger partial charge on any atom is 0.0948 e. The van der Waals surface area contributed by atoms with Gasteiger partial charge in [-0.3, -0.25) is 0 Å². The zero-order chi connectivity index (χ0) is 13.1. The lowest BCUT2D eigenvalue weighted by molar-refractivity contribution is 0.0608. The van der Waals surface area contributed by atoms with E-state index in [1.807, 2.05) is 6.33 Å². The van der Waals surface area contributed by atoms with Gasteiger partial charge in [-0.25, -0.2) is 4.98 Å². The molecule has 2 aliphatic rings. The average Bonchev–Trinajstić information content (AvgIpc) is 2.88. The third-order valence-electron chi connectivity index (χ3n) is 4.51. The molecule has 0 aromatic carbocycles. The first-order chi connectivity index (χ1) is 9.33. The monoisotopic (exact) mass is 263 g/mol. The van der Waals surface area contributed by atoms with Crippen molar-refractivity contribution in [2.45, 2.75) is 57.7 Å². The Morgan fingerprint density at radius 2 is 2.16 bits per heavy atom. The highest BCUT2D eigenvalue weighted by molar-refractivity contribution is 5.07. The molecule has 0 radical (unpaired) electrons. The highest BCUT2D eigenvalue weighted by atomic mass is 16.5. The summed E-state index contributed by atoms with van der Waals surface area (Å²) < 4.78 is 7.81. The lowest BCUT2D eigenvalue weighted by Crippen LogP contribution is -2.36. The Labute approximate surface area is 115 Å². The van der Waals surface area contributed by atoms with E-state index in [2.05, 4.69) is 28.0 Å². The van der Waals surface area contributed by atoms with Gasteiger partial charge in [-0.2, -0.15) is 0 Å². The van der Waals surface area contributed by atoms with Gasteiger partial charge in [0.1, 0.15) is 0 Å². The predicted octanol–water partition coefficient (Wildman–Crippen LogP) is 2.51. The van der Waals surface area contributed by atoms with Gasteiger partial charge in [0, 0.05) is 38.0 Å². The highest BCUT2D eigenvalue weighted by Crippen LogP contribution is 2.26. The van der Waals surface area contributed by atoms with Crippen LogP contribution in [0.3, 0.4) is 0 Å². The minimum Gasteiger partial charge on any atom is -0.381 e. The van der Waals surface area contributed by atoms with Crippen LogP contribution in [0, 0.1) is 5.92 Å². The maximum absolute atomic E-state index is 5.44. The molecule has 2 fully saturated rings. The largest absolute Gasteiger partial charge is 0.381 e. The molecule has 2 aliphatic heterocycles. The fraction of sp³-hybridized carbons (Fsp3) is 0.800. The Bertz CT molecular complexity index is 398. The number of piperidine rings is 1. The molecule has 0 aliphatic carbocycles. The second-order valence-electron chi connectivity index (χ2n) is 6.08. The number of imidazole rings is 1. The second kappa shape index (κ2) is 6.06. The number of ether oxygens (including phenoxy) is 1. The third kappa shape index (κ3) is 3.18. The van der Waals surface area contributed by atoms with Gasteiger partial charge >= 0.3 is 0 Å². The molecule has 1 N–H and O–H groups in total. The molecule has 2 atom stereocenters. The van der Waals surface area contributed by atoms with Crippen molar-refractivity contribution < 1.29 is 4.74 Å². The van der Waals surface area contributed by atoms with Crippen molar-refractivity contribution in [3.8, 4) is 0 Å². The summed E-state index contributed by atoms with van der Waals surface area (Å²) in [5.74, 6) is 0.753. The summed E-state index contributed by atoms with van der Waals surface area (Å²) in [6.45, 7) is 5.23. The zero-order valence-corrected chi connectivity index (χ0v) is 11.8. The molecular weight excluding hydrogens is 238 g/mol. The van der Waals surface area contributed by atoms with E-state index in [-0.39, 0.29) is 0 Å². The number of hydrogen-bond donors (Lipinski definition) is 1. The molecule has 19 heavy (non-hydrogen) atoms. The number of nitrogens with zero attached hydrogens (tertiary/aromatic N) is 2. The van der Waals surface area contributed by atoms with Crippen LogP contribution in [0.15, 0.2) is 12.5 Å². The first-order valence-electron chi connectivity index (χ1n) is 7.67. The summed E-state index contributed by atoms with van der Waals surface area (Å²) in [5.41, 5.74) is 1.37. The van der Waals surface area contributed by atoms with Crippen LogP contribution in [0.4, 0.5) is 0 Å². The Hall–Kier alpha value is -0.870. The molecule has 3 heterocycles. The standard InChI is InChI=1S/C15H25N3O/c1-12-3-2-4-14(17-12)15-9-16-11-18(15)10-13-5-7-19-8-6-13/h9,11-14,17H,2-8,10H2,1H3. The smallest absolute Gasteiger partial charge is 0.0948 e. The minimum absolute atomic E-state index is 0.492. The quantitative estimate of drug-likeness (QED) is 0.910. The van der Waals surface area contributed by atoms with Crippen LogP contribution in [0.25, 0.3) is 0 Å². The Morgan fingerprint density at radius 1 is 1.32 bits per heavy atom. The van der Waals surface area contributed by atoms with Crippen LogP contribution in [0.5, 0.6) is 0 Å². The van der Waals surface area contributed by atoms with Crippen LogP contribution < -0.4 is 5.32 Å². The molecule has 4 nitrogen and oxygen atoms in total. The van der Waals surface area contributed by atoms with Crippen molar-refractivity contribution >= 4 is 0 Å². The van der Waals surface area contributed by atoms with Crippen molar-refractivity contribution in [2.24, 2.45) is 5.92 Å². The van der Waals surface area contributed by atoms with Crippen molar-refractivity contribution in [2.75, 3.05) is 13.2 Å². The van der Waals surface area contributed by atoms with E-state index in [1.54, 1.807) is 0 Å². The van der Waals surface area contributed by atoms with Crippen LogP contribution in [0.2, 0.25) is 0 Å². The van der Waals surface area contributed by atoms with Crippen LogP contribution in [-0.2, 0) is 11.3 Å². The molecule has 1 aromatic rings.